The fraction of sp³-hybridized carbons (Fsp3) is 0.462. The van der Waals surface area contributed by atoms with Crippen LogP contribution in [0, 0.1) is 0 Å². The molecule has 0 spiro atoms. The first-order valence-electron chi connectivity index (χ1n) is 6.44. The molecule has 2 atom stereocenters. The average molecular weight is 299 g/mol. The summed E-state index contributed by atoms with van der Waals surface area (Å²) in [4.78, 5) is 11.8. The highest BCUT2D eigenvalue weighted by molar-refractivity contribution is 7.89. The van der Waals surface area contributed by atoms with Crippen LogP contribution in [0.1, 0.15) is 38.3 Å². The summed E-state index contributed by atoms with van der Waals surface area (Å²) in [5.41, 5.74) is 6.51. The van der Waals surface area contributed by atoms with Gasteiger partial charge in [-0.25, -0.2) is 13.6 Å². The molecule has 1 rings (SSSR count). The SMILES string of the molecule is CCC[C@H](N)C(=O)NC(C)c1ccc(S(N)(=O)=O)cc1. The van der Waals surface area contributed by atoms with Crippen molar-refractivity contribution < 1.29 is 13.2 Å². The third-order valence-corrected chi connectivity index (χ3v) is 3.93. The predicted octanol–water partition coefficient (Wildman–Crippen LogP) is 0.639. The van der Waals surface area contributed by atoms with Crippen LogP contribution in [0.4, 0.5) is 0 Å². The van der Waals surface area contributed by atoms with Gasteiger partial charge >= 0.3 is 0 Å². The monoisotopic (exact) mass is 299 g/mol. The van der Waals surface area contributed by atoms with Gasteiger partial charge < -0.3 is 11.1 Å². The van der Waals surface area contributed by atoms with E-state index in [1.165, 1.54) is 12.1 Å². The topological polar surface area (TPSA) is 115 Å². The molecular formula is C13H21N3O3S. The van der Waals surface area contributed by atoms with E-state index >= 15 is 0 Å². The molecule has 0 saturated carbocycles. The van der Waals surface area contributed by atoms with E-state index in [2.05, 4.69) is 5.32 Å². The normalized spacial score (nSPS) is 14.6. The Labute approximate surface area is 119 Å². The van der Waals surface area contributed by atoms with Crippen molar-refractivity contribution in [3.8, 4) is 0 Å². The van der Waals surface area contributed by atoms with Crippen molar-refractivity contribution >= 4 is 15.9 Å². The Morgan fingerprint density at radius 1 is 1.30 bits per heavy atom. The maximum atomic E-state index is 11.8. The van der Waals surface area contributed by atoms with Crippen molar-refractivity contribution in [1.82, 2.24) is 5.32 Å². The smallest absolute Gasteiger partial charge is 0.238 e. The Hall–Kier alpha value is -1.44. The van der Waals surface area contributed by atoms with Crippen LogP contribution >= 0.6 is 0 Å². The molecule has 0 radical (unpaired) electrons. The van der Waals surface area contributed by atoms with Gasteiger partial charge in [-0.2, -0.15) is 0 Å². The lowest BCUT2D eigenvalue weighted by Gasteiger charge is -2.17. The van der Waals surface area contributed by atoms with E-state index in [4.69, 9.17) is 10.9 Å². The second-order valence-corrected chi connectivity index (χ2v) is 6.30. The van der Waals surface area contributed by atoms with Gasteiger partial charge in [-0.05, 0) is 31.0 Å². The van der Waals surface area contributed by atoms with Gasteiger partial charge in [0, 0.05) is 0 Å². The zero-order chi connectivity index (χ0) is 15.3. The van der Waals surface area contributed by atoms with Gasteiger partial charge in [0.15, 0.2) is 0 Å². The largest absolute Gasteiger partial charge is 0.348 e. The maximum Gasteiger partial charge on any atom is 0.238 e. The lowest BCUT2D eigenvalue weighted by atomic mass is 10.1. The summed E-state index contributed by atoms with van der Waals surface area (Å²) in [7, 11) is -3.70. The van der Waals surface area contributed by atoms with Gasteiger partial charge in [-0.3, -0.25) is 4.79 Å². The number of carbonyl (C=O) groups excluding carboxylic acids is 1. The van der Waals surface area contributed by atoms with E-state index in [-0.39, 0.29) is 16.8 Å². The number of rotatable bonds is 6. The number of carbonyl (C=O) groups is 1. The number of hydrogen-bond acceptors (Lipinski definition) is 4. The van der Waals surface area contributed by atoms with Crippen molar-refractivity contribution in [3.05, 3.63) is 29.8 Å². The summed E-state index contributed by atoms with van der Waals surface area (Å²) in [6.45, 7) is 3.77. The summed E-state index contributed by atoms with van der Waals surface area (Å²) in [6.07, 6.45) is 1.47. The Morgan fingerprint density at radius 3 is 2.30 bits per heavy atom. The third kappa shape index (κ3) is 4.59. The van der Waals surface area contributed by atoms with Crippen LogP contribution in [0.15, 0.2) is 29.2 Å². The first-order valence-corrected chi connectivity index (χ1v) is 7.99. The van der Waals surface area contributed by atoms with E-state index in [9.17, 15) is 13.2 Å². The lowest BCUT2D eigenvalue weighted by Crippen LogP contribution is -2.41. The second kappa shape index (κ2) is 6.83. The Balaban J connectivity index is 2.73. The van der Waals surface area contributed by atoms with E-state index < -0.39 is 16.1 Å². The van der Waals surface area contributed by atoms with Crippen LogP contribution in [0.2, 0.25) is 0 Å². The van der Waals surface area contributed by atoms with Crippen molar-refractivity contribution in [3.63, 3.8) is 0 Å². The van der Waals surface area contributed by atoms with Crippen molar-refractivity contribution in [2.24, 2.45) is 10.9 Å². The third-order valence-electron chi connectivity index (χ3n) is 3.00. The minimum absolute atomic E-state index is 0.0439. The quantitative estimate of drug-likeness (QED) is 0.714. The lowest BCUT2D eigenvalue weighted by molar-refractivity contribution is -0.123. The molecule has 0 heterocycles. The first kappa shape index (κ1) is 16.6. The van der Waals surface area contributed by atoms with E-state index in [1.807, 2.05) is 13.8 Å². The molecule has 1 aromatic carbocycles. The van der Waals surface area contributed by atoms with Gasteiger partial charge in [0.2, 0.25) is 15.9 Å². The number of sulfonamides is 1. The molecule has 0 aromatic heterocycles. The molecule has 0 bridgehead atoms. The second-order valence-electron chi connectivity index (χ2n) is 4.74. The summed E-state index contributed by atoms with van der Waals surface area (Å²) >= 11 is 0. The average Bonchev–Trinajstić information content (AvgIpc) is 2.38. The summed E-state index contributed by atoms with van der Waals surface area (Å²) in [6, 6.07) is 5.30. The zero-order valence-corrected chi connectivity index (χ0v) is 12.5. The van der Waals surface area contributed by atoms with Gasteiger partial charge in [0.25, 0.3) is 0 Å². The highest BCUT2D eigenvalue weighted by Gasteiger charge is 2.16. The molecule has 5 N–H and O–H groups in total. The highest BCUT2D eigenvalue weighted by Crippen LogP contribution is 2.15. The molecule has 0 aliphatic heterocycles. The van der Waals surface area contributed by atoms with Gasteiger partial charge in [0.1, 0.15) is 0 Å². The molecule has 1 unspecified atom stereocenters. The van der Waals surface area contributed by atoms with Crippen molar-refractivity contribution in [2.75, 3.05) is 0 Å². The number of hydrogen-bond donors (Lipinski definition) is 3. The molecule has 0 aliphatic rings. The van der Waals surface area contributed by atoms with Crippen LogP contribution < -0.4 is 16.2 Å². The first-order chi connectivity index (χ1) is 9.25. The van der Waals surface area contributed by atoms with Crippen LogP contribution in [0.5, 0.6) is 0 Å². The summed E-state index contributed by atoms with van der Waals surface area (Å²) in [5, 5.41) is 7.82. The molecule has 0 saturated heterocycles. The van der Waals surface area contributed by atoms with Gasteiger partial charge in [-0.15, -0.1) is 0 Å². The fourth-order valence-electron chi connectivity index (χ4n) is 1.79. The van der Waals surface area contributed by atoms with Crippen LogP contribution in [0.3, 0.4) is 0 Å². The standard InChI is InChI=1S/C13H21N3O3S/c1-3-4-12(14)13(17)16-9(2)10-5-7-11(8-6-10)20(15,18)19/h5-9,12H,3-4,14H2,1-2H3,(H,16,17)(H2,15,18,19)/t9?,12-/m0/s1. The maximum absolute atomic E-state index is 11.8. The predicted molar refractivity (Wildman–Crippen MR) is 77.3 cm³/mol. The molecule has 0 fully saturated rings. The minimum atomic E-state index is -3.70. The molecule has 1 aromatic rings. The molecule has 7 heteroatoms. The van der Waals surface area contributed by atoms with Crippen LogP contribution in [0.25, 0.3) is 0 Å². The number of benzene rings is 1. The fourth-order valence-corrected chi connectivity index (χ4v) is 2.31. The molecule has 6 nitrogen and oxygen atoms in total. The molecule has 20 heavy (non-hydrogen) atoms. The molecule has 0 aliphatic carbocycles. The van der Waals surface area contributed by atoms with E-state index in [0.717, 1.165) is 12.0 Å². The number of nitrogens with one attached hydrogen (secondary N) is 1. The molecule has 112 valence electrons. The molecule has 1 amide bonds. The van der Waals surface area contributed by atoms with E-state index in [0.29, 0.717) is 6.42 Å². The van der Waals surface area contributed by atoms with Crippen LogP contribution in [-0.4, -0.2) is 20.4 Å². The minimum Gasteiger partial charge on any atom is -0.348 e. The number of nitrogens with two attached hydrogens (primary N) is 2. The van der Waals surface area contributed by atoms with Crippen molar-refractivity contribution in [1.29, 1.82) is 0 Å². The molecular weight excluding hydrogens is 278 g/mol. The van der Waals surface area contributed by atoms with Crippen molar-refractivity contribution in [2.45, 2.75) is 43.7 Å². The zero-order valence-electron chi connectivity index (χ0n) is 11.7. The highest BCUT2D eigenvalue weighted by atomic mass is 32.2. The number of amides is 1. The Kier molecular flexibility index (Phi) is 5.67. The Morgan fingerprint density at radius 2 is 1.85 bits per heavy atom. The van der Waals surface area contributed by atoms with Gasteiger partial charge in [-0.1, -0.05) is 25.5 Å². The summed E-state index contributed by atoms with van der Waals surface area (Å²) in [5.74, 6) is -0.213. The number of primary sulfonamides is 1. The Bertz CT molecular complexity index is 555. The van der Waals surface area contributed by atoms with E-state index in [1.54, 1.807) is 12.1 Å². The van der Waals surface area contributed by atoms with Gasteiger partial charge in [0.05, 0.1) is 17.0 Å². The summed E-state index contributed by atoms with van der Waals surface area (Å²) < 4.78 is 22.3. The van der Waals surface area contributed by atoms with Crippen LogP contribution in [-0.2, 0) is 14.8 Å².